The smallest absolute Gasteiger partial charge is 0.306 e. The van der Waals surface area contributed by atoms with E-state index in [4.69, 9.17) is 9.47 Å². The number of methoxy groups -OCH3 is 1. The summed E-state index contributed by atoms with van der Waals surface area (Å²) < 4.78 is 12.2. The fourth-order valence-corrected chi connectivity index (χ4v) is 2.03. The third kappa shape index (κ3) is 3.05. The van der Waals surface area contributed by atoms with E-state index in [1.54, 1.807) is 7.11 Å². The molecule has 102 valence electrons. The molecule has 0 aliphatic heterocycles. The van der Waals surface area contributed by atoms with Crippen LogP contribution in [-0.4, -0.2) is 29.1 Å². The molecule has 0 unspecified atom stereocenters. The lowest BCUT2D eigenvalue weighted by atomic mass is 10.2. The summed E-state index contributed by atoms with van der Waals surface area (Å²) in [6, 6.07) is 1.99. The number of carbonyl (C=O) groups excluding carboxylic acids is 1. The number of esters is 1. The predicted molar refractivity (Wildman–Crippen MR) is 71.4 cm³/mol. The van der Waals surface area contributed by atoms with E-state index in [1.165, 1.54) is 0 Å². The summed E-state index contributed by atoms with van der Waals surface area (Å²) in [5.41, 5.74) is 2.86. The lowest BCUT2D eigenvalue weighted by molar-refractivity contribution is -0.143. The van der Waals surface area contributed by atoms with Crippen LogP contribution in [0.15, 0.2) is 18.5 Å². The summed E-state index contributed by atoms with van der Waals surface area (Å²) in [6.45, 7) is 4.15. The number of aromatic nitrogens is 2. The van der Waals surface area contributed by atoms with Crippen molar-refractivity contribution in [3.63, 3.8) is 0 Å². The molecule has 0 spiro atoms. The minimum atomic E-state index is -0.168. The van der Waals surface area contributed by atoms with Gasteiger partial charge < -0.3 is 13.9 Å². The van der Waals surface area contributed by atoms with Crippen molar-refractivity contribution in [3.05, 3.63) is 29.7 Å². The standard InChI is InChI=1S/C14H18N2O3/c1-4-19-13(17)6-5-11-7-12-14(18-3)15-10(2)8-16(12)9-11/h7-9H,4-6H2,1-3H3. The van der Waals surface area contributed by atoms with Gasteiger partial charge in [-0.15, -0.1) is 0 Å². The number of nitrogens with zero attached hydrogens (tertiary/aromatic N) is 2. The van der Waals surface area contributed by atoms with Crippen molar-refractivity contribution in [1.29, 1.82) is 0 Å². The summed E-state index contributed by atoms with van der Waals surface area (Å²) >= 11 is 0. The number of aryl methyl sites for hydroxylation is 2. The zero-order valence-electron chi connectivity index (χ0n) is 11.5. The van der Waals surface area contributed by atoms with Crippen molar-refractivity contribution in [2.24, 2.45) is 0 Å². The lowest BCUT2D eigenvalue weighted by Crippen LogP contribution is -2.04. The SMILES string of the molecule is CCOC(=O)CCc1cc2c(OC)nc(C)cn2c1. The predicted octanol–water partition coefficient (Wildman–Crippen LogP) is 2.15. The van der Waals surface area contributed by atoms with Gasteiger partial charge in [-0.1, -0.05) is 0 Å². The molecule has 0 amide bonds. The van der Waals surface area contributed by atoms with Gasteiger partial charge in [-0.2, -0.15) is 0 Å². The third-order valence-corrected chi connectivity index (χ3v) is 2.84. The lowest BCUT2D eigenvalue weighted by Gasteiger charge is -2.03. The topological polar surface area (TPSA) is 52.8 Å². The first-order chi connectivity index (χ1) is 9.13. The Hall–Kier alpha value is -2.04. The highest BCUT2D eigenvalue weighted by atomic mass is 16.5. The van der Waals surface area contributed by atoms with Gasteiger partial charge in [0, 0.05) is 18.8 Å². The first kappa shape index (κ1) is 13.4. The number of fused-ring (bicyclic) bond motifs is 1. The number of hydrogen-bond donors (Lipinski definition) is 0. The molecule has 2 aromatic heterocycles. The van der Waals surface area contributed by atoms with E-state index in [0.717, 1.165) is 16.8 Å². The molecule has 5 heteroatoms. The fraction of sp³-hybridized carbons (Fsp3) is 0.429. The van der Waals surface area contributed by atoms with Crippen molar-refractivity contribution < 1.29 is 14.3 Å². The quantitative estimate of drug-likeness (QED) is 0.775. The van der Waals surface area contributed by atoms with E-state index < -0.39 is 0 Å². The van der Waals surface area contributed by atoms with Crippen molar-refractivity contribution in [1.82, 2.24) is 9.38 Å². The molecule has 0 aliphatic carbocycles. The van der Waals surface area contributed by atoms with Gasteiger partial charge in [-0.3, -0.25) is 4.79 Å². The molecule has 19 heavy (non-hydrogen) atoms. The molecule has 0 atom stereocenters. The molecule has 0 N–H and O–H groups in total. The Kier molecular flexibility index (Phi) is 4.04. The first-order valence-electron chi connectivity index (χ1n) is 6.32. The Balaban J connectivity index is 2.19. The zero-order chi connectivity index (χ0) is 13.8. The van der Waals surface area contributed by atoms with Crippen LogP contribution in [-0.2, 0) is 16.0 Å². The van der Waals surface area contributed by atoms with E-state index in [2.05, 4.69) is 4.98 Å². The molecule has 0 aromatic carbocycles. The molecule has 0 fully saturated rings. The van der Waals surface area contributed by atoms with E-state index >= 15 is 0 Å². The number of hydrogen-bond acceptors (Lipinski definition) is 4. The van der Waals surface area contributed by atoms with Gasteiger partial charge >= 0.3 is 5.97 Å². The minimum absolute atomic E-state index is 0.168. The second-order valence-corrected chi connectivity index (χ2v) is 4.34. The molecule has 0 saturated heterocycles. The minimum Gasteiger partial charge on any atom is -0.479 e. The van der Waals surface area contributed by atoms with Crippen LogP contribution in [0, 0.1) is 6.92 Å². The van der Waals surface area contributed by atoms with E-state index in [0.29, 0.717) is 25.3 Å². The van der Waals surface area contributed by atoms with Crippen molar-refractivity contribution in [2.45, 2.75) is 26.7 Å². The monoisotopic (exact) mass is 262 g/mol. The van der Waals surface area contributed by atoms with Gasteiger partial charge in [0.1, 0.15) is 5.52 Å². The molecule has 0 saturated carbocycles. The van der Waals surface area contributed by atoms with Gasteiger partial charge in [0.15, 0.2) is 0 Å². The third-order valence-electron chi connectivity index (χ3n) is 2.84. The number of ether oxygens (including phenoxy) is 2. The molecule has 2 rings (SSSR count). The van der Waals surface area contributed by atoms with Crippen LogP contribution in [0.1, 0.15) is 24.6 Å². The average molecular weight is 262 g/mol. The molecule has 2 aromatic rings. The summed E-state index contributed by atoms with van der Waals surface area (Å²) in [5, 5.41) is 0. The molecule has 5 nitrogen and oxygen atoms in total. The highest BCUT2D eigenvalue weighted by Gasteiger charge is 2.09. The normalized spacial score (nSPS) is 10.7. The maximum atomic E-state index is 11.3. The Morgan fingerprint density at radius 3 is 2.89 bits per heavy atom. The number of rotatable bonds is 5. The Labute approximate surface area is 112 Å². The van der Waals surface area contributed by atoms with Crippen LogP contribution < -0.4 is 4.74 Å². The fourth-order valence-electron chi connectivity index (χ4n) is 2.03. The van der Waals surface area contributed by atoms with Crippen molar-refractivity contribution >= 4 is 11.5 Å². The van der Waals surface area contributed by atoms with Crippen molar-refractivity contribution in [3.8, 4) is 5.88 Å². The second-order valence-electron chi connectivity index (χ2n) is 4.34. The Morgan fingerprint density at radius 2 is 2.21 bits per heavy atom. The summed E-state index contributed by atoms with van der Waals surface area (Å²) in [7, 11) is 1.60. The van der Waals surface area contributed by atoms with Gasteiger partial charge in [-0.25, -0.2) is 4.98 Å². The second kappa shape index (κ2) is 5.73. The van der Waals surface area contributed by atoms with Gasteiger partial charge in [0.2, 0.25) is 5.88 Å². The summed E-state index contributed by atoms with van der Waals surface area (Å²) in [6.07, 6.45) is 4.97. The maximum Gasteiger partial charge on any atom is 0.306 e. The van der Waals surface area contributed by atoms with Gasteiger partial charge in [-0.05, 0) is 31.9 Å². The van der Waals surface area contributed by atoms with Crippen LogP contribution in [0.2, 0.25) is 0 Å². The number of carbonyl (C=O) groups is 1. The highest BCUT2D eigenvalue weighted by molar-refractivity contribution is 5.70. The van der Waals surface area contributed by atoms with Crippen molar-refractivity contribution in [2.75, 3.05) is 13.7 Å². The first-order valence-corrected chi connectivity index (χ1v) is 6.32. The van der Waals surface area contributed by atoms with Gasteiger partial charge in [0.25, 0.3) is 0 Å². The van der Waals surface area contributed by atoms with E-state index in [9.17, 15) is 4.79 Å². The van der Waals surface area contributed by atoms with Crippen LogP contribution in [0.25, 0.3) is 5.52 Å². The summed E-state index contributed by atoms with van der Waals surface area (Å²) in [4.78, 5) is 15.7. The Morgan fingerprint density at radius 1 is 1.42 bits per heavy atom. The average Bonchev–Trinajstić information content (AvgIpc) is 2.78. The molecule has 0 radical (unpaired) electrons. The van der Waals surface area contributed by atoms with Crippen LogP contribution in [0.3, 0.4) is 0 Å². The van der Waals surface area contributed by atoms with Crippen LogP contribution >= 0.6 is 0 Å². The highest BCUT2D eigenvalue weighted by Crippen LogP contribution is 2.21. The Bertz CT molecular complexity index is 590. The van der Waals surface area contributed by atoms with Gasteiger partial charge in [0.05, 0.1) is 19.4 Å². The largest absolute Gasteiger partial charge is 0.479 e. The van der Waals surface area contributed by atoms with Crippen LogP contribution in [0.5, 0.6) is 5.88 Å². The molecular formula is C14H18N2O3. The molecule has 0 bridgehead atoms. The zero-order valence-corrected chi connectivity index (χ0v) is 11.5. The molecule has 2 heterocycles. The van der Waals surface area contributed by atoms with E-state index in [1.807, 2.05) is 36.7 Å². The van der Waals surface area contributed by atoms with E-state index in [-0.39, 0.29) is 5.97 Å². The molecular weight excluding hydrogens is 244 g/mol. The maximum absolute atomic E-state index is 11.3. The molecule has 0 aliphatic rings. The van der Waals surface area contributed by atoms with Crippen LogP contribution in [0.4, 0.5) is 0 Å². The summed E-state index contributed by atoms with van der Waals surface area (Å²) in [5.74, 6) is 0.432.